The van der Waals surface area contributed by atoms with Gasteiger partial charge in [0, 0.05) is 42.5 Å². The molecular formula is C21H21ClN4O3S. The van der Waals surface area contributed by atoms with Crippen LogP contribution in [0.2, 0.25) is 5.02 Å². The van der Waals surface area contributed by atoms with Crippen LogP contribution in [-0.4, -0.2) is 54.4 Å². The monoisotopic (exact) mass is 444 g/mol. The first-order valence-electron chi connectivity index (χ1n) is 9.52. The number of carbonyl (C=O) groups is 1. The first-order chi connectivity index (χ1) is 14.6. The van der Waals surface area contributed by atoms with Crippen LogP contribution in [0.1, 0.15) is 10.4 Å². The molecule has 0 bridgehead atoms. The second kappa shape index (κ2) is 9.32. The van der Waals surface area contributed by atoms with Gasteiger partial charge in [-0.3, -0.25) is 4.79 Å². The maximum absolute atomic E-state index is 12.3. The zero-order chi connectivity index (χ0) is 20.9. The third-order valence-electron chi connectivity index (χ3n) is 4.97. The molecule has 0 aliphatic carbocycles. The van der Waals surface area contributed by atoms with E-state index in [-0.39, 0.29) is 12.4 Å². The van der Waals surface area contributed by atoms with Gasteiger partial charge in [0.15, 0.2) is 12.4 Å². The summed E-state index contributed by atoms with van der Waals surface area (Å²) < 4.78 is 19.5. The van der Waals surface area contributed by atoms with Crippen molar-refractivity contribution < 1.29 is 14.3 Å². The van der Waals surface area contributed by atoms with Crippen LogP contribution in [0.3, 0.4) is 0 Å². The van der Waals surface area contributed by atoms with Crippen LogP contribution in [0.15, 0.2) is 48.5 Å². The molecule has 30 heavy (non-hydrogen) atoms. The normalized spacial score (nSPS) is 13.9. The van der Waals surface area contributed by atoms with Crippen LogP contribution in [0.5, 0.6) is 11.6 Å². The van der Waals surface area contributed by atoms with Gasteiger partial charge in [-0.1, -0.05) is 11.6 Å². The molecule has 0 spiro atoms. The van der Waals surface area contributed by atoms with Gasteiger partial charge in [-0.15, -0.1) is 4.37 Å². The highest BCUT2D eigenvalue weighted by molar-refractivity contribution is 6.99. The average Bonchev–Trinajstić information content (AvgIpc) is 3.27. The van der Waals surface area contributed by atoms with Crippen molar-refractivity contribution in [2.75, 3.05) is 49.7 Å². The topological polar surface area (TPSA) is 67.8 Å². The Bertz CT molecular complexity index is 986. The number of anilines is 2. The van der Waals surface area contributed by atoms with Crippen LogP contribution in [-0.2, 0) is 0 Å². The Kier molecular flexibility index (Phi) is 6.35. The predicted octanol–water partition coefficient (Wildman–Crippen LogP) is 3.79. The van der Waals surface area contributed by atoms with Gasteiger partial charge in [0.05, 0.1) is 18.8 Å². The molecule has 1 saturated heterocycles. The minimum atomic E-state index is -0.130. The number of hydrogen-bond donors (Lipinski definition) is 0. The van der Waals surface area contributed by atoms with E-state index in [1.165, 1.54) is 0 Å². The first-order valence-corrected chi connectivity index (χ1v) is 10.6. The average molecular weight is 445 g/mol. The minimum absolute atomic E-state index is 0.0914. The fraction of sp³-hybridized carbons (Fsp3) is 0.286. The molecule has 0 unspecified atom stereocenters. The third kappa shape index (κ3) is 4.66. The van der Waals surface area contributed by atoms with Crippen LogP contribution in [0.4, 0.5) is 11.5 Å². The number of aromatic nitrogens is 2. The van der Waals surface area contributed by atoms with Crippen LogP contribution >= 0.6 is 23.3 Å². The van der Waals surface area contributed by atoms with Gasteiger partial charge < -0.3 is 19.3 Å². The molecule has 0 atom stereocenters. The number of ketones is 1. The summed E-state index contributed by atoms with van der Waals surface area (Å²) in [5.74, 6) is 1.81. The smallest absolute Gasteiger partial charge is 0.271 e. The molecule has 9 heteroatoms. The Labute approximate surface area is 184 Å². The standard InChI is InChI=1S/C21H21ClN4O3S/c1-28-18-8-6-17(7-9-18)25-10-12-26(13-11-25)20-21(24-30-23-20)29-14-19(27)15-2-4-16(22)5-3-15/h2-9H,10-14H2,1H3. The molecule has 0 amide bonds. The summed E-state index contributed by atoms with van der Waals surface area (Å²) in [5.41, 5.74) is 1.72. The van der Waals surface area contributed by atoms with Gasteiger partial charge >= 0.3 is 0 Å². The number of nitrogens with zero attached hydrogens (tertiary/aromatic N) is 4. The lowest BCUT2D eigenvalue weighted by atomic mass is 10.1. The molecule has 1 aliphatic heterocycles. The van der Waals surface area contributed by atoms with Crippen LogP contribution in [0.25, 0.3) is 0 Å². The van der Waals surface area contributed by atoms with Gasteiger partial charge in [0.1, 0.15) is 5.75 Å². The SMILES string of the molecule is COc1ccc(N2CCN(c3nsnc3OCC(=O)c3ccc(Cl)cc3)CC2)cc1. The first kappa shape index (κ1) is 20.4. The van der Waals surface area contributed by atoms with Gasteiger partial charge in [0.25, 0.3) is 5.88 Å². The number of methoxy groups -OCH3 is 1. The van der Waals surface area contributed by atoms with Crippen molar-refractivity contribution in [1.82, 2.24) is 8.75 Å². The summed E-state index contributed by atoms with van der Waals surface area (Å²) in [6.45, 7) is 3.20. The zero-order valence-electron chi connectivity index (χ0n) is 16.5. The predicted molar refractivity (Wildman–Crippen MR) is 119 cm³/mol. The van der Waals surface area contributed by atoms with Crippen LogP contribution < -0.4 is 19.3 Å². The summed E-state index contributed by atoms with van der Waals surface area (Å²) in [5, 5.41) is 0.590. The zero-order valence-corrected chi connectivity index (χ0v) is 18.0. The van der Waals surface area contributed by atoms with E-state index in [1.54, 1.807) is 31.4 Å². The highest BCUT2D eigenvalue weighted by Crippen LogP contribution is 2.28. The Balaban J connectivity index is 1.34. The molecule has 7 nitrogen and oxygen atoms in total. The fourth-order valence-corrected chi connectivity index (χ4v) is 3.93. The van der Waals surface area contributed by atoms with Crippen LogP contribution in [0, 0.1) is 0 Å². The Morgan fingerprint density at radius 2 is 1.67 bits per heavy atom. The lowest BCUT2D eigenvalue weighted by Crippen LogP contribution is -2.46. The van der Waals surface area contributed by atoms with Crippen molar-refractivity contribution in [2.45, 2.75) is 0 Å². The highest BCUT2D eigenvalue weighted by Gasteiger charge is 2.23. The fourth-order valence-electron chi connectivity index (χ4n) is 3.28. The van der Waals surface area contributed by atoms with E-state index < -0.39 is 0 Å². The Hall–Kier alpha value is -2.84. The largest absolute Gasteiger partial charge is 0.497 e. The minimum Gasteiger partial charge on any atom is -0.497 e. The molecule has 156 valence electrons. The molecule has 3 aromatic rings. The van der Waals surface area contributed by atoms with Gasteiger partial charge in [0.2, 0.25) is 5.82 Å². The van der Waals surface area contributed by atoms with Crippen molar-refractivity contribution >= 4 is 40.6 Å². The number of halogens is 1. The summed E-state index contributed by atoms with van der Waals surface area (Å²) >= 11 is 6.96. The van der Waals surface area contributed by atoms with Crippen molar-refractivity contribution in [1.29, 1.82) is 0 Å². The maximum atomic E-state index is 12.3. The number of Topliss-reactive ketones (excluding diaryl/α,β-unsaturated/α-hetero) is 1. The van der Waals surface area contributed by atoms with E-state index in [1.807, 2.05) is 12.1 Å². The Morgan fingerprint density at radius 1 is 1.00 bits per heavy atom. The number of rotatable bonds is 7. The summed E-state index contributed by atoms with van der Waals surface area (Å²) in [6.07, 6.45) is 0. The van der Waals surface area contributed by atoms with E-state index in [2.05, 4.69) is 30.7 Å². The number of hydrogen-bond acceptors (Lipinski definition) is 8. The molecule has 0 radical (unpaired) electrons. The Morgan fingerprint density at radius 3 is 2.33 bits per heavy atom. The molecule has 1 aliphatic rings. The van der Waals surface area contributed by atoms with E-state index in [4.69, 9.17) is 21.1 Å². The number of carbonyl (C=O) groups excluding carboxylic acids is 1. The molecule has 0 N–H and O–H groups in total. The number of benzene rings is 2. The van der Waals surface area contributed by atoms with Gasteiger partial charge in [-0.2, -0.15) is 4.37 Å². The summed E-state index contributed by atoms with van der Waals surface area (Å²) in [4.78, 5) is 16.8. The van der Waals surface area contributed by atoms with E-state index in [0.29, 0.717) is 22.3 Å². The third-order valence-corrected chi connectivity index (χ3v) is 5.72. The van der Waals surface area contributed by atoms with Crippen molar-refractivity contribution in [3.05, 3.63) is 59.1 Å². The quantitative estimate of drug-likeness (QED) is 0.513. The second-order valence-electron chi connectivity index (χ2n) is 6.78. The highest BCUT2D eigenvalue weighted by atomic mass is 35.5. The molecule has 2 heterocycles. The van der Waals surface area contributed by atoms with Gasteiger partial charge in [-0.05, 0) is 48.5 Å². The van der Waals surface area contributed by atoms with E-state index >= 15 is 0 Å². The van der Waals surface area contributed by atoms with Crippen molar-refractivity contribution in [2.24, 2.45) is 0 Å². The number of piperazine rings is 1. The van der Waals surface area contributed by atoms with E-state index in [9.17, 15) is 4.79 Å². The van der Waals surface area contributed by atoms with Crippen molar-refractivity contribution in [3.8, 4) is 11.6 Å². The summed E-state index contributed by atoms with van der Waals surface area (Å²) in [7, 11) is 1.67. The molecule has 1 aromatic heterocycles. The van der Waals surface area contributed by atoms with Crippen molar-refractivity contribution in [3.63, 3.8) is 0 Å². The van der Waals surface area contributed by atoms with Gasteiger partial charge in [-0.25, -0.2) is 0 Å². The second-order valence-corrected chi connectivity index (χ2v) is 7.75. The maximum Gasteiger partial charge on any atom is 0.271 e. The lowest BCUT2D eigenvalue weighted by Gasteiger charge is -2.36. The molecule has 1 fully saturated rings. The molecule has 0 saturated carbocycles. The van der Waals surface area contributed by atoms with E-state index in [0.717, 1.165) is 49.3 Å². The summed E-state index contributed by atoms with van der Waals surface area (Å²) in [6, 6.07) is 14.8. The molecule has 2 aromatic carbocycles. The lowest BCUT2D eigenvalue weighted by molar-refractivity contribution is 0.0919. The molecule has 4 rings (SSSR count). The number of ether oxygens (including phenoxy) is 2. The molecular weight excluding hydrogens is 424 g/mol.